The van der Waals surface area contributed by atoms with Gasteiger partial charge in [0.2, 0.25) is 0 Å². The molecule has 124 valence electrons. The summed E-state index contributed by atoms with van der Waals surface area (Å²) in [6.45, 7) is 4.93. The Labute approximate surface area is 147 Å². The molecule has 0 aliphatic rings. The first-order valence-corrected chi connectivity index (χ1v) is 8.36. The number of aromatic nitrogens is 2. The molecule has 0 atom stereocenters. The zero-order chi connectivity index (χ0) is 16.5. The van der Waals surface area contributed by atoms with Crippen LogP contribution in [0.4, 0.5) is 5.82 Å². The van der Waals surface area contributed by atoms with E-state index in [0.717, 1.165) is 42.6 Å². The van der Waals surface area contributed by atoms with Crippen LogP contribution >= 0.6 is 23.8 Å². The van der Waals surface area contributed by atoms with Gasteiger partial charge in [0.1, 0.15) is 0 Å². The molecule has 5 nitrogen and oxygen atoms in total. The lowest BCUT2D eigenvalue weighted by atomic mass is 10.2. The summed E-state index contributed by atoms with van der Waals surface area (Å²) in [4.78, 5) is 0. The van der Waals surface area contributed by atoms with Gasteiger partial charge in [-0.15, -0.1) is 0 Å². The summed E-state index contributed by atoms with van der Waals surface area (Å²) in [7, 11) is 0. The SMILES string of the molecule is CCOCCCNC(=S)Nc1ccn(Cc2ccc(Cl)cc2)n1. The number of ether oxygens (including phenoxy) is 1. The second-order valence-electron chi connectivity index (χ2n) is 4.96. The van der Waals surface area contributed by atoms with Crippen LogP contribution in [0.25, 0.3) is 0 Å². The van der Waals surface area contributed by atoms with Crippen molar-refractivity contribution in [2.45, 2.75) is 19.9 Å². The van der Waals surface area contributed by atoms with Crippen molar-refractivity contribution in [3.63, 3.8) is 0 Å². The first-order valence-electron chi connectivity index (χ1n) is 7.58. The Morgan fingerprint density at radius 1 is 1.30 bits per heavy atom. The molecule has 2 aromatic rings. The molecule has 2 N–H and O–H groups in total. The normalized spacial score (nSPS) is 10.5. The molecule has 2 rings (SSSR count). The lowest BCUT2D eigenvalue weighted by Crippen LogP contribution is -2.30. The Kier molecular flexibility index (Phi) is 7.32. The molecule has 1 heterocycles. The molecule has 0 saturated carbocycles. The van der Waals surface area contributed by atoms with E-state index in [1.165, 1.54) is 0 Å². The third-order valence-electron chi connectivity index (χ3n) is 3.10. The monoisotopic (exact) mass is 352 g/mol. The minimum Gasteiger partial charge on any atom is -0.382 e. The van der Waals surface area contributed by atoms with Crippen LogP contribution in [0.15, 0.2) is 36.5 Å². The van der Waals surface area contributed by atoms with Crippen molar-refractivity contribution in [3.8, 4) is 0 Å². The quantitative estimate of drug-likeness (QED) is 0.564. The maximum Gasteiger partial charge on any atom is 0.171 e. The molecule has 23 heavy (non-hydrogen) atoms. The van der Waals surface area contributed by atoms with Crippen molar-refractivity contribution in [2.75, 3.05) is 25.1 Å². The Balaban J connectivity index is 1.75. The van der Waals surface area contributed by atoms with Gasteiger partial charge >= 0.3 is 0 Å². The number of nitrogens with one attached hydrogen (secondary N) is 2. The van der Waals surface area contributed by atoms with Crippen LogP contribution in [0.3, 0.4) is 0 Å². The van der Waals surface area contributed by atoms with Crippen LogP contribution in [0, 0.1) is 0 Å². The van der Waals surface area contributed by atoms with Crippen molar-refractivity contribution in [2.24, 2.45) is 0 Å². The van der Waals surface area contributed by atoms with E-state index in [1.807, 2.05) is 48.1 Å². The second kappa shape index (κ2) is 9.50. The summed E-state index contributed by atoms with van der Waals surface area (Å²) in [5.41, 5.74) is 1.14. The van der Waals surface area contributed by atoms with Crippen LogP contribution < -0.4 is 10.6 Å². The second-order valence-corrected chi connectivity index (χ2v) is 5.80. The Morgan fingerprint density at radius 3 is 2.83 bits per heavy atom. The molecule has 0 aliphatic carbocycles. The average molecular weight is 353 g/mol. The number of thiocarbonyl (C=S) groups is 1. The average Bonchev–Trinajstić information content (AvgIpc) is 2.96. The van der Waals surface area contributed by atoms with Crippen molar-refractivity contribution < 1.29 is 4.74 Å². The molecule has 0 bridgehead atoms. The predicted octanol–water partition coefficient (Wildman–Crippen LogP) is 3.30. The van der Waals surface area contributed by atoms with E-state index in [0.29, 0.717) is 11.7 Å². The van der Waals surface area contributed by atoms with Crippen LogP contribution in [0.1, 0.15) is 18.9 Å². The first-order chi connectivity index (χ1) is 11.2. The molecule has 0 amide bonds. The molecule has 0 aliphatic heterocycles. The Hall–Kier alpha value is -1.63. The largest absolute Gasteiger partial charge is 0.382 e. The van der Waals surface area contributed by atoms with E-state index < -0.39 is 0 Å². The zero-order valence-electron chi connectivity index (χ0n) is 13.1. The Morgan fingerprint density at radius 2 is 2.09 bits per heavy atom. The molecule has 0 saturated heterocycles. The van der Waals surface area contributed by atoms with Gasteiger partial charge in [-0.2, -0.15) is 5.10 Å². The van der Waals surface area contributed by atoms with Crippen molar-refractivity contribution in [3.05, 3.63) is 47.1 Å². The summed E-state index contributed by atoms with van der Waals surface area (Å²) in [6.07, 6.45) is 2.83. The van der Waals surface area contributed by atoms with Crippen molar-refractivity contribution in [1.29, 1.82) is 0 Å². The number of hydrogen-bond donors (Lipinski definition) is 2. The highest BCUT2D eigenvalue weighted by molar-refractivity contribution is 7.80. The molecular weight excluding hydrogens is 332 g/mol. The lowest BCUT2D eigenvalue weighted by molar-refractivity contribution is 0.146. The molecule has 0 radical (unpaired) electrons. The third kappa shape index (κ3) is 6.56. The minimum absolute atomic E-state index is 0.568. The molecular formula is C16H21ClN4OS. The highest BCUT2D eigenvalue weighted by Crippen LogP contribution is 2.11. The maximum atomic E-state index is 5.88. The highest BCUT2D eigenvalue weighted by Gasteiger charge is 2.02. The van der Waals surface area contributed by atoms with Gasteiger partial charge in [0, 0.05) is 37.0 Å². The van der Waals surface area contributed by atoms with Gasteiger partial charge in [-0.25, -0.2) is 0 Å². The van der Waals surface area contributed by atoms with Gasteiger partial charge in [-0.3, -0.25) is 4.68 Å². The van der Waals surface area contributed by atoms with Crippen LogP contribution in [-0.2, 0) is 11.3 Å². The highest BCUT2D eigenvalue weighted by atomic mass is 35.5. The number of anilines is 1. The third-order valence-corrected chi connectivity index (χ3v) is 3.59. The first kappa shape index (κ1) is 17.7. The van der Waals surface area contributed by atoms with Crippen LogP contribution in [0.5, 0.6) is 0 Å². The lowest BCUT2D eigenvalue weighted by Gasteiger charge is -2.08. The number of halogens is 1. The fourth-order valence-corrected chi connectivity index (χ4v) is 2.31. The van der Waals surface area contributed by atoms with Gasteiger partial charge < -0.3 is 15.4 Å². The van der Waals surface area contributed by atoms with Crippen molar-refractivity contribution in [1.82, 2.24) is 15.1 Å². The standard InChI is InChI=1S/C16H21ClN4OS/c1-2-22-11-3-9-18-16(23)19-15-8-10-21(20-15)12-13-4-6-14(17)7-5-13/h4-8,10H,2-3,9,11-12H2,1H3,(H2,18,19,20,23). The molecule has 0 unspecified atom stereocenters. The number of nitrogens with zero attached hydrogens (tertiary/aromatic N) is 2. The summed E-state index contributed by atoms with van der Waals surface area (Å²) >= 11 is 11.1. The molecule has 0 fully saturated rings. The maximum absolute atomic E-state index is 5.88. The summed E-state index contributed by atoms with van der Waals surface area (Å²) in [6, 6.07) is 9.62. The van der Waals surface area contributed by atoms with E-state index in [1.54, 1.807) is 0 Å². The van der Waals surface area contributed by atoms with E-state index in [9.17, 15) is 0 Å². The van der Waals surface area contributed by atoms with E-state index >= 15 is 0 Å². The smallest absolute Gasteiger partial charge is 0.171 e. The summed E-state index contributed by atoms with van der Waals surface area (Å²) < 4.78 is 7.12. The van der Waals surface area contributed by atoms with Crippen LogP contribution in [0.2, 0.25) is 5.02 Å². The minimum atomic E-state index is 0.568. The van der Waals surface area contributed by atoms with Gasteiger partial charge in [0.15, 0.2) is 10.9 Å². The summed E-state index contributed by atoms with van der Waals surface area (Å²) in [5.74, 6) is 0.723. The molecule has 1 aromatic carbocycles. The number of benzene rings is 1. The number of hydrogen-bond acceptors (Lipinski definition) is 3. The molecule has 7 heteroatoms. The number of rotatable bonds is 8. The van der Waals surface area contributed by atoms with Crippen LogP contribution in [-0.4, -0.2) is 34.7 Å². The fraction of sp³-hybridized carbons (Fsp3) is 0.375. The fourth-order valence-electron chi connectivity index (χ4n) is 1.97. The van der Waals surface area contributed by atoms with E-state index in [-0.39, 0.29) is 0 Å². The van der Waals surface area contributed by atoms with Crippen molar-refractivity contribution >= 4 is 34.7 Å². The predicted molar refractivity (Wildman–Crippen MR) is 98.1 cm³/mol. The van der Waals surface area contributed by atoms with Gasteiger partial charge in [0.25, 0.3) is 0 Å². The summed E-state index contributed by atoms with van der Waals surface area (Å²) in [5, 5.41) is 12.0. The van der Waals surface area contributed by atoms with E-state index in [2.05, 4.69) is 15.7 Å². The molecule has 1 aromatic heterocycles. The van der Waals surface area contributed by atoms with Gasteiger partial charge in [0.05, 0.1) is 6.54 Å². The zero-order valence-corrected chi connectivity index (χ0v) is 14.7. The Bertz CT molecular complexity index is 615. The van der Waals surface area contributed by atoms with Gasteiger partial charge in [-0.05, 0) is 43.3 Å². The topological polar surface area (TPSA) is 51.1 Å². The van der Waals surface area contributed by atoms with Gasteiger partial charge in [-0.1, -0.05) is 23.7 Å². The van der Waals surface area contributed by atoms with E-state index in [4.69, 9.17) is 28.6 Å². The molecule has 0 spiro atoms.